The minimum absolute atomic E-state index is 0.0320. The molecule has 0 radical (unpaired) electrons. The van der Waals surface area contributed by atoms with Crippen LogP contribution in [0.3, 0.4) is 0 Å². The lowest BCUT2D eigenvalue weighted by atomic mass is 10.3. The van der Waals surface area contributed by atoms with Crippen molar-refractivity contribution >= 4 is 27.5 Å². The van der Waals surface area contributed by atoms with Gasteiger partial charge in [0.2, 0.25) is 5.91 Å². The maximum atomic E-state index is 12.0. The first-order chi connectivity index (χ1) is 9.97. The highest BCUT2D eigenvalue weighted by Crippen LogP contribution is 2.15. The average Bonchev–Trinajstić information content (AvgIpc) is 2.91. The van der Waals surface area contributed by atoms with E-state index in [4.69, 9.17) is 11.6 Å². The third kappa shape index (κ3) is 4.57. The molecule has 1 heterocycles. The fourth-order valence-electron chi connectivity index (χ4n) is 1.73. The number of hydrogen-bond acceptors (Lipinski definition) is 4. The molecule has 1 aromatic heterocycles. The SMILES string of the molecule is O=C(CCCn1cccn1)NS(=O)(=O)c1cccc(Cl)c1. The number of nitrogens with one attached hydrogen (secondary N) is 1. The van der Waals surface area contributed by atoms with Crippen LogP contribution in [0.1, 0.15) is 12.8 Å². The van der Waals surface area contributed by atoms with E-state index in [9.17, 15) is 13.2 Å². The number of amides is 1. The van der Waals surface area contributed by atoms with Gasteiger partial charge in [-0.05, 0) is 30.7 Å². The van der Waals surface area contributed by atoms with Crippen LogP contribution in [-0.4, -0.2) is 24.1 Å². The molecule has 0 aliphatic rings. The Kier molecular flexibility index (Phi) is 4.98. The van der Waals surface area contributed by atoms with Crippen molar-refractivity contribution in [3.8, 4) is 0 Å². The van der Waals surface area contributed by atoms with Gasteiger partial charge in [0, 0.05) is 30.4 Å². The lowest BCUT2D eigenvalue weighted by Crippen LogP contribution is -2.30. The minimum Gasteiger partial charge on any atom is -0.274 e. The maximum Gasteiger partial charge on any atom is 0.264 e. The highest BCUT2D eigenvalue weighted by atomic mass is 35.5. The lowest BCUT2D eigenvalue weighted by Gasteiger charge is -2.07. The van der Waals surface area contributed by atoms with Crippen molar-refractivity contribution in [3.63, 3.8) is 0 Å². The topological polar surface area (TPSA) is 81.1 Å². The van der Waals surface area contributed by atoms with Crippen molar-refractivity contribution in [2.75, 3.05) is 0 Å². The number of halogens is 1. The van der Waals surface area contributed by atoms with E-state index in [1.165, 1.54) is 18.2 Å². The molecule has 0 saturated carbocycles. The Hall–Kier alpha value is -1.86. The summed E-state index contributed by atoms with van der Waals surface area (Å²) in [6.07, 6.45) is 4.02. The van der Waals surface area contributed by atoms with Gasteiger partial charge in [-0.1, -0.05) is 17.7 Å². The molecule has 0 aliphatic heterocycles. The van der Waals surface area contributed by atoms with E-state index in [1.807, 2.05) is 4.72 Å². The van der Waals surface area contributed by atoms with E-state index in [2.05, 4.69) is 5.10 Å². The van der Waals surface area contributed by atoms with Crippen molar-refractivity contribution in [2.45, 2.75) is 24.3 Å². The van der Waals surface area contributed by atoms with Crippen LogP contribution in [0, 0.1) is 0 Å². The molecular weight excluding hydrogens is 314 g/mol. The molecule has 2 rings (SSSR count). The van der Waals surface area contributed by atoms with Crippen LogP contribution in [0.5, 0.6) is 0 Å². The van der Waals surface area contributed by atoms with Crippen molar-refractivity contribution in [2.24, 2.45) is 0 Å². The molecule has 0 aliphatic carbocycles. The quantitative estimate of drug-likeness (QED) is 0.877. The Labute approximate surface area is 127 Å². The number of rotatable bonds is 6. The van der Waals surface area contributed by atoms with Crippen LogP contribution in [0.25, 0.3) is 0 Å². The highest BCUT2D eigenvalue weighted by molar-refractivity contribution is 7.90. The number of aromatic nitrogens is 2. The zero-order chi connectivity index (χ0) is 15.3. The summed E-state index contributed by atoms with van der Waals surface area (Å²) in [6, 6.07) is 7.53. The summed E-state index contributed by atoms with van der Waals surface area (Å²) in [5.41, 5.74) is 0. The molecule has 0 unspecified atom stereocenters. The Balaban J connectivity index is 1.89. The molecule has 0 atom stereocenters. The van der Waals surface area contributed by atoms with E-state index in [0.29, 0.717) is 18.0 Å². The molecule has 0 fully saturated rings. The number of sulfonamides is 1. The van der Waals surface area contributed by atoms with Gasteiger partial charge >= 0.3 is 0 Å². The predicted octanol–water partition coefficient (Wildman–Crippen LogP) is 1.82. The van der Waals surface area contributed by atoms with Crippen LogP contribution < -0.4 is 4.72 Å². The maximum absolute atomic E-state index is 12.0. The van der Waals surface area contributed by atoms with Crippen molar-refractivity contribution < 1.29 is 13.2 Å². The largest absolute Gasteiger partial charge is 0.274 e. The average molecular weight is 328 g/mol. The molecule has 2 aromatic rings. The van der Waals surface area contributed by atoms with Gasteiger partial charge < -0.3 is 0 Å². The van der Waals surface area contributed by atoms with Crippen LogP contribution in [-0.2, 0) is 21.4 Å². The van der Waals surface area contributed by atoms with Gasteiger partial charge in [-0.15, -0.1) is 0 Å². The van der Waals surface area contributed by atoms with Gasteiger partial charge in [0.05, 0.1) is 4.90 Å². The predicted molar refractivity (Wildman–Crippen MR) is 78.2 cm³/mol. The summed E-state index contributed by atoms with van der Waals surface area (Å²) in [5, 5.41) is 4.29. The number of nitrogens with zero attached hydrogens (tertiary/aromatic N) is 2. The molecule has 21 heavy (non-hydrogen) atoms. The molecule has 0 spiro atoms. The van der Waals surface area contributed by atoms with Gasteiger partial charge in [-0.3, -0.25) is 9.48 Å². The number of carbonyl (C=O) groups is 1. The van der Waals surface area contributed by atoms with E-state index in [-0.39, 0.29) is 11.3 Å². The number of hydrogen-bond donors (Lipinski definition) is 1. The van der Waals surface area contributed by atoms with Crippen LogP contribution in [0.15, 0.2) is 47.6 Å². The van der Waals surface area contributed by atoms with Crippen molar-refractivity contribution in [1.82, 2.24) is 14.5 Å². The van der Waals surface area contributed by atoms with E-state index in [1.54, 1.807) is 29.2 Å². The standard InChI is InChI=1S/C13H14ClN3O3S/c14-11-4-1-5-12(10-11)21(19,20)16-13(18)6-2-8-17-9-3-7-15-17/h1,3-5,7,9-10H,2,6,8H2,(H,16,18). The summed E-state index contributed by atoms with van der Waals surface area (Å²) in [6.45, 7) is 0.553. The van der Waals surface area contributed by atoms with E-state index < -0.39 is 15.9 Å². The summed E-state index contributed by atoms with van der Waals surface area (Å²) in [7, 11) is -3.87. The minimum atomic E-state index is -3.87. The first kappa shape index (κ1) is 15.5. The number of benzene rings is 1. The Morgan fingerprint density at radius 1 is 1.33 bits per heavy atom. The second kappa shape index (κ2) is 6.73. The molecule has 1 amide bonds. The summed E-state index contributed by atoms with van der Waals surface area (Å²) in [5.74, 6) is -0.554. The van der Waals surface area contributed by atoms with Crippen molar-refractivity contribution in [3.05, 3.63) is 47.7 Å². The van der Waals surface area contributed by atoms with Gasteiger partial charge in [0.25, 0.3) is 10.0 Å². The van der Waals surface area contributed by atoms with E-state index >= 15 is 0 Å². The second-order valence-corrected chi connectivity index (χ2v) is 6.48. The molecule has 0 saturated heterocycles. The van der Waals surface area contributed by atoms with Gasteiger partial charge in [0.15, 0.2) is 0 Å². The third-order valence-electron chi connectivity index (χ3n) is 2.70. The molecule has 1 aromatic carbocycles. The summed E-state index contributed by atoms with van der Waals surface area (Å²) >= 11 is 5.74. The molecule has 112 valence electrons. The smallest absolute Gasteiger partial charge is 0.264 e. The van der Waals surface area contributed by atoms with E-state index in [0.717, 1.165) is 0 Å². The fraction of sp³-hybridized carbons (Fsp3) is 0.231. The zero-order valence-electron chi connectivity index (χ0n) is 11.1. The summed E-state index contributed by atoms with van der Waals surface area (Å²) < 4.78 is 27.7. The molecule has 0 bridgehead atoms. The van der Waals surface area contributed by atoms with Crippen LogP contribution in [0.2, 0.25) is 5.02 Å². The number of aryl methyl sites for hydroxylation is 1. The highest BCUT2D eigenvalue weighted by Gasteiger charge is 2.17. The first-order valence-corrected chi connectivity index (χ1v) is 8.12. The number of carbonyl (C=O) groups excluding carboxylic acids is 1. The molecule has 1 N–H and O–H groups in total. The second-order valence-electron chi connectivity index (χ2n) is 4.36. The Bertz CT molecular complexity index is 714. The van der Waals surface area contributed by atoms with Gasteiger partial charge in [0.1, 0.15) is 0 Å². The molecule has 8 heteroatoms. The third-order valence-corrected chi connectivity index (χ3v) is 4.31. The molecular formula is C13H14ClN3O3S. The van der Waals surface area contributed by atoms with Gasteiger partial charge in [-0.2, -0.15) is 5.10 Å². The van der Waals surface area contributed by atoms with Crippen LogP contribution in [0.4, 0.5) is 0 Å². The van der Waals surface area contributed by atoms with Gasteiger partial charge in [-0.25, -0.2) is 13.1 Å². The summed E-state index contributed by atoms with van der Waals surface area (Å²) in [4.78, 5) is 11.7. The Morgan fingerprint density at radius 2 is 2.14 bits per heavy atom. The van der Waals surface area contributed by atoms with Crippen LogP contribution >= 0.6 is 11.6 Å². The molecule has 6 nitrogen and oxygen atoms in total. The first-order valence-electron chi connectivity index (χ1n) is 6.26. The lowest BCUT2D eigenvalue weighted by molar-refractivity contribution is -0.119. The normalized spacial score (nSPS) is 11.3. The monoisotopic (exact) mass is 327 g/mol. The Morgan fingerprint density at radius 3 is 2.81 bits per heavy atom. The van der Waals surface area contributed by atoms with Crippen molar-refractivity contribution in [1.29, 1.82) is 0 Å². The fourth-order valence-corrected chi connectivity index (χ4v) is 3.04. The zero-order valence-corrected chi connectivity index (χ0v) is 12.6.